The first-order valence-corrected chi connectivity index (χ1v) is 11.2. The van der Waals surface area contributed by atoms with Crippen molar-refractivity contribution in [2.75, 3.05) is 29.6 Å². The molecule has 5 nitrogen and oxygen atoms in total. The number of carbonyl (C=O) groups is 2. The number of benzene rings is 2. The third-order valence-electron chi connectivity index (χ3n) is 4.49. The predicted molar refractivity (Wildman–Crippen MR) is 118 cm³/mol. The number of fused-ring (bicyclic) bond motifs is 1. The van der Waals surface area contributed by atoms with Crippen LogP contribution >= 0.6 is 23.7 Å². The molecular formula is C21H25N3O2S2. The Hall–Kier alpha value is -1.96. The van der Waals surface area contributed by atoms with Gasteiger partial charge in [-0.1, -0.05) is 19.8 Å². The van der Waals surface area contributed by atoms with Crippen molar-refractivity contribution >= 4 is 46.9 Å². The van der Waals surface area contributed by atoms with Crippen LogP contribution in [0.15, 0.2) is 52.3 Å². The van der Waals surface area contributed by atoms with E-state index in [1.807, 2.05) is 30.3 Å². The van der Waals surface area contributed by atoms with Crippen LogP contribution in [0.2, 0.25) is 0 Å². The van der Waals surface area contributed by atoms with Crippen LogP contribution in [0.4, 0.5) is 11.4 Å². The second kappa shape index (κ2) is 10.0. The number of carbonyl (C=O) groups excluding carboxylic acids is 2. The third-order valence-corrected chi connectivity index (χ3v) is 6.40. The van der Waals surface area contributed by atoms with Gasteiger partial charge in [0.05, 0.1) is 11.4 Å². The summed E-state index contributed by atoms with van der Waals surface area (Å²) in [6, 6.07) is 13.3. The van der Waals surface area contributed by atoms with Gasteiger partial charge in [0, 0.05) is 34.6 Å². The first-order chi connectivity index (χ1) is 13.6. The van der Waals surface area contributed by atoms with E-state index in [1.54, 1.807) is 36.0 Å². The fourth-order valence-electron chi connectivity index (χ4n) is 2.80. The second-order valence-electron chi connectivity index (χ2n) is 6.61. The minimum absolute atomic E-state index is 0.0476. The van der Waals surface area contributed by atoms with Gasteiger partial charge in [-0.2, -0.15) is 0 Å². The molecule has 0 aromatic heterocycles. The van der Waals surface area contributed by atoms with Gasteiger partial charge in [0.1, 0.15) is 0 Å². The Kier molecular flexibility index (Phi) is 7.42. The molecule has 0 bridgehead atoms. The topological polar surface area (TPSA) is 61.4 Å². The molecule has 2 aromatic rings. The van der Waals surface area contributed by atoms with Crippen molar-refractivity contribution in [1.82, 2.24) is 4.72 Å². The average Bonchev–Trinajstić information content (AvgIpc) is 2.71. The molecule has 2 N–H and O–H groups in total. The molecule has 0 aliphatic carbocycles. The number of anilines is 2. The molecule has 1 aliphatic heterocycles. The highest BCUT2D eigenvalue weighted by atomic mass is 32.2. The minimum atomic E-state index is -0.183. The summed E-state index contributed by atoms with van der Waals surface area (Å²) >= 11 is 3.11. The lowest BCUT2D eigenvalue weighted by atomic mass is 10.1. The Balaban J connectivity index is 1.58. The molecule has 0 saturated heterocycles. The highest BCUT2D eigenvalue weighted by Crippen LogP contribution is 2.35. The molecule has 0 unspecified atom stereocenters. The van der Waals surface area contributed by atoms with Gasteiger partial charge in [-0.05, 0) is 60.8 Å². The summed E-state index contributed by atoms with van der Waals surface area (Å²) in [5, 5.41) is 2.92. The second-order valence-corrected chi connectivity index (χ2v) is 8.59. The minimum Gasteiger partial charge on any atom is -0.322 e. The van der Waals surface area contributed by atoms with Crippen LogP contribution in [-0.2, 0) is 4.79 Å². The van der Waals surface area contributed by atoms with E-state index in [2.05, 4.69) is 17.0 Å². The number of unbranched alkanes of at least 4 members (excludes halogenated alkanes) is 2. The van der Waals surface area contributed by atoms with Crippen molar-refractivity contribution in [3.05, 3.63) is 48.0 Å². The number of hydrogen-bond donors (Lipinski definition) is 2. The molecule has 3 rings (SSSR count). The Morgan fingerprint density at radius 2 is 1.96 bits per heavy atom. The van der Waals surface area contributed by atoms with Crippen molar-refractivity contribution in [2.45, 2.75) is 36.0 Å². The zero-order valence-electron chi connectivity index (χ0n) is 16.2. The average molecular weight is 416 g/mol. The quantitative estimate of drug-likeness (QED) is 0.479. The van der Waals surface area contributed by atoms with E-state index in [1.165, 1.54) is 31.0 Å². The van der Waals surface area contributed by atoms with Crippen LogP contribution in [0.25, 0.3) is 0 Å². The van der Waals surface area contributed by atoms with E-state index in [4.69, 9.17) is 0 Å². The van der Waals surface area contributed by atoms with Gasteiger partial charge in [0.2, 0.25) is 5.91 Å². The summed E-state index contributed by atoms with van der Waals surface area (Å²) in [5.41, 5.74) is 2.07. The number of amides is 2. The summed E-state index contributed by atoms with van der Waals surface area (Å²) in [7, 11) is 1.75. The van der Waals surface area contributed by atoms with Gasteiger partial charge >= 0.3 is 0 Å². The molecule has 28 heavy (non-hydrogen) atoms. The van der Waals surface area contributed by atoms with Crippen LogP contribution < -0.4 is 14.9 Å². The Morgan fingerprint density at radius 1 is 1.18 bits per heavy atom. The van der Waals surface area contributed by atoms with Gasteiger partial charge in [0.15, 0.2) is 0 Å². The van der Waals surface area contributed by atoms with Crippen molar-refractivity contribution < 1.29 is 9.59 Å². The monoisotopic (exact) mass is 415 g/mol. The maximum absolute atomic E-state index is 12.6. The molecule has 148 valence electrons. The summed E-state index contributed by atoms with van der Waals surface area (Å²) in [6.07, 6.45) is 3.64. The Bertz CT molecular complexity index is 840. The van der Waals surface area contributed by atoms with E-state index in [-0.39, 0.29) is 11.8 Å². The van der Waals surface area contributed by atoms with E-state index < -0.39 is 0 Å². The smallest absolute Gasteiger partial charge is 0.255 e. The maximum Gasteiger partial charge on any atom is 0.255 e. The molecule has 0 saturated carbocycles. The van der Waals surface area contributed by atoms with E-state index in [9.17, 15) is 9.59 Å². The number of thioether (sulfide) groups is 1. The summed E-state index contributed by atoms with van der Waals surface area (Å²) in [5.74, 6) is 0.302. The van der Waals surface area contributed by atoms with E-state index >= 15 is 0 Å². The number of nitrogens with zero attached hydrogens (tertiary/aromatic N) is 1. The molecule has 1 heterocycles. The number of hydrogen-bond acceptors (Lipinski definition) is 5. The lowest BCUT2D eigenvalue weighted by Gasteiger charge is -2.25. The SMILES string of the molecule is CCCCCNSc1ccc(NC(=O)c2ccc3c(c2)N(C)C(=O)CS3)cc1. The number of rotatable bonds is 8. The van der Waals surface area contributed by atoms with Gasteiger partial charge < -0.3 is 10.2 Å². The molecule has 0 spiro atoms. The van der Waals surface area contributed by atoms with Gasteiger partial charge in [-0.25, -0.2) is 0 Å². The van der Waals surface area contributed by atoms with Crippen LogP contribution in [0.5, 0.6) is 0 Å². The number of nitrogens with one attached hydrogen (secondary N) is 2. The van der Waals surface area contributed by atoms with Crippen LogP contribution in [-0.4, -0.2) is 31.2 Å². The summed E-state index contributed by atoms with van der Waals surface area (Å²) in [4.78, 5) is 28.2. The zero-order chi connectivity index (χ0) is 19.9. The Labute approximate surface area is 174 Å². The molecule has 0 fully saturated rings. The third kappa shape index (κ3) is 5.31. The van der Waals surface area contributed by atoms with Crippen molar-refractivity contribution in [3.8, 4) is 0 Å². The highest BCUT2D eigenvalue weighted by Gasteiger charge is 2.22. The fraction of sp³-hybridized carbons (Fsp3) is 0.333. The first-order valence-electron chi connectivity index (χ1n) is 9.43. The first kappa shape index (κ1) is 20.8. The fourth-order valence-corrected chi connectivity index (χ4v) is 4.47. The lowest BCUT2D eigenvalue weighted by molar-refractivity contribution is -0.116. The summed E-state index contributed by atoms with van der Waals surface area (Å²) < 4.78 is 3.35. The largest absolute Gasteiger partial charge is 0.322 e. The van der Waals surface area contributed by atoms with E-state index in [0.29, 0.717) is 11.3 Å². The van der Waals surface area contributed by atoms with Gasteiger partial charge in [-0.15, -0.1) is 11.8 Å². The van der Waals surface area contributed by atoms with Crippen molar-refractivity contribution in [3.63, 3.8) is 0 Å². The summed E-state index contributed by atoms with van der Waals surface area (Å²) in [6.45, 7) is 3.19. The zero-order valence-corrected chi connectivity index (χ0v) is 17.8. The predicted octanol–water partition coefficient (Wildman–Crippen LogP) is 4.79. The van der Waals surface area contributed by atoms with Crippen molar-refractivity contribution in [1.29, 1.82) is 0 Å². The molecule has 2 amide bonds. The normalized spacial score (nSPS) is 13.4. The van der Waals surface area contributed by atoms with Crippen LogP contribution in [0, 0.1) is 0 Å². The maximum atomic E-state index is 12.6. The molecule has 7 heteroatoms. The molecule has 0 radical (unpaired) electrons. The molecule has 0 atom stereocenters. The van der Waals surface area contributed by atoms with Crippen LogP contribution in [0.3, 0.4) is 0 Å². The van der Waals surface area contributed by atoms with Gasteiger partial charge in [0.25, 0.3) is 5.91 Å². The standard InChI is InChI=1S/C21H25N3O2S2/c1-3-4-5-12-22-28-17-9-7-16(8-10-17)23-21(26)15-6-11-19-18(13-15)24(2)20(25)14-27-19/h6-11,13,22H,3-5,12,14H2,1-2H3,(H,23,26). The highest BCUT2D eigenvalue weighted by molar-refractivity contribution is 8.00. The van der Waals surface area contributed by atoms with E-state index in [0.717, 1.165) is 27.7 Å². The molecule has 2 aromatic carbocycles. The Morgan fingerprint density at radius 3 is 2.71 bits per heavy atom. The van der Waals surface area contributed by atoms with Gasteiger partial charge in [-0.3, -0.25) is 14.3 Å². The molecular weight excluding hydrogens is 390 g/mol. The van der Waals surface area contributed by atoms with Crippen LogP contribution in [0.1, 0.15) is 36.5 Å². The molecule has 1 aliphatic rings. The lowest BCUT2D eigenvalue weighted by Crippen LogP contribution is -2.31. The van der Waals surface area contributed by atoms with Crippen molar-refractivity contribution in [2.24, 2.45) is 0 Å².